The minimum Gasteiger partial charge on any atom is -0.491 e. The lowest BCUT2D eigenvalue weighted by atomic mass is 10.3. The number of hydrogen-bond donors (Lipinski definition) is 1. The highest BCUT2D eigenvalue weighted by molar-refractivity contribution is 5.37. The molecule has 2 aromatic rings. The zero-order valence-corrected chi connectivity index (χ0v) is 11.8. The van der Waals surface area contributed by atoms with Crippen LogP contribution >= 0.6 is 0 Å². The van der Waals surface area contributed by atoms with Gasteiger partial charge in [0, 0.05) is 12.7 Å². The largest absolute Gasteiger partial charge is 0.491 e. The van der Waals surface area contributed by atoms with Gasteiger partial charge in [-0.25, -0.2) is 4.68 Å². The van der Waals surface area contributed by atoms with Crippen LogP contribution in [-0.2, 0) is 6.54 Å². The zero-order chi connectivity index (χ0) is 13.7. The Bertz CT molecular complexity index is 502. The molecular weight excluding hydrogens is 238 g/mol. The molecule has 0 aliphatic carbocycles. The smallest absolute Gasteiger partial charge is 0.119 e. The van der Waals surface area contributed by atoms with E-state index in [4.69, 9.17) is 4.74 Å². The summed E-state index contributed by atoms with van der Waals surface area (Å²) in [5, 5.41) is 7.79. The predicted octanol–water partition coefficient (Wildman–Crippen LogP) is 2.77. The summed E-state index contributed by atoms with van der Waals surface area (Å²) in [6.07, 6.45) is 2.17. The van der Waals surface area contributed by atoms with Crippen molar-refractivity contribution in [1.29, 1.82) is 0 Å². The van der Waals surface area contributed by atoms with Crippen molar-refractivity contribution in [2.24, 2.45) is 0 Å². The van der Waals surface area contributed by atoms with Crippen molar-refractivity contribution in [1.82, 2.24) is 15.1 Å². The molecule has 0 spiro atoms. The number of benzene rings is 1. The van der Waals surface area contributed by atoms with E-state index in [1.54, 1.807) is 0 Å². The molecule has 0 aliphatic heterocycles. The molecule has 0 atom stereocenters. The van der Waals surface area contributed by atoms with Crippen LogP contribution in [0.15, 0.2) is 36.5 Å². The molecule has 2 rings (SSSR count). The number of hydrogen-bond acceptors (Lipinski definition) is 3. The van der Waals surface area contributed by atoms with Crippen molar-refractivity contribution in [3.05, 3.63) is 42.2 Å². The molecule has 19 heavy (non-hydrogen) atoms. The summed E-state index contributed by atoms with van der Waals surface area (Å²) in [7, 11) is 0. The lowest BCUT2D eigenvalue weighted by Crippen LogP contribution is -2.12. The van der Waals surface area contributed by atoms with Gasteiger partial charge in [-0.1, -0.05) is 6.92 Å². The average Bonchev–Trinajstić information content (AvgIpc) is 2.85. The molecule has 0 aliphatic rings. The third kappa shape index (κ3) is 3.83. The third-order valence-electron chi connectivity index (χ3n) is 2.67. The standard InChI is InChI=1S/C15H21N3O/c1-4-16-11-13-9-10-18(17-13)14-5-7-15(8-6-14)19-12(2)3/h5-10,12,16H,4,11H2,1-3H3. The van der Waals surface area contributed by atoms with Gasteiger partial charge in [-0.3, -0.25) is 0 Å². The number of nitrogens with one attached hydrogen (secondary N) is 1. The van der Waals surface area contributed by atoms with E-state index in [0.717, 1.165) is 30.2 Å². The van der Waals surface area contributed by atoms with Crippen LogP contribution in [-0.4, -0.2) is 22.4 Å². The quantitative estimate of drug-likeness (QED) is 0.867. The van der Waals surface area contributed by atoms with E-state index in [1.165, 1.54) is 0 Å². The molecule has 1 N–H and O–H groups in total. The maximum absolute atomic E-state index is 5.62. The molecule has 0 fully saturated rings. The summed E-state index contributed by atoms with van der Waals surface area (Å²) in [6, 6.07) is 10.0. The Morgan fingerprint density at radius 2 is 1.95 bits per heavy atom. The van der Waals surface area contributed by atoms with Crippen LogP contribution in [0.2, 0.25) is 0 Å². The summed E-state index contributed by atoms with van der Waals surface area (Å²) in [4.78, 5) is 0. The SMILES string of the molecule is CCNCc1ccn(-c2ccc(OC(C)C)cc2)n1. The van der Waals surface area contributed by atoms with Gasteiger partial charge >= 0.3 is 0 Å². The van der Waals surface area contributed by atoms with Gasteiger partial charge in [-0.2, -0.15) is 5.10 Å². The maximum Gasteiger partial charge on any atom is 0.119 e. The summed E-state index contributed by atoms with van der Waals surface area (Å²) in [5.41, 5.74) is 2.09. The molecule has 0 unspecified atom stereocenters. The van der Waals surface area contributed by atoms with Gasteiger partial charge in [0.25, 0.3) is 0 Å². The summed E-state index contributed by atoms with van der Waals surface area (Å²) < 4.78 is 7.50. The fraction of sp³-hybridized carbons (Fsp3) is 0.400. The topological polar surface area (TPSA) is 39.1 Å². The van der Waals surface area contributed by atoms with Crippen molar-refractivity contribution >= 4 is 0 Å². The molecule has 0 saturated heterocycles. The molecule has 1 aromatic heterocycles. The Hall–Kier alpha value is -1.81. The highest BCUT2D eigenvalue weighted by Gasteiger charge is 2.02. The first-order valence-electron chi connectivity index (χ1n) is 6.71. The van der Waals surface area contributed by atoms with Crippen molar-refractivity contribution in [3.63, 3.8) is 0 Å². The van der Waals surface area contributed by atoms with Gasteiger partial charge in [-0.05, 0) is 50.7 Å². The third-order valence-corrected chi connectivity index (χ3v) is 2.67. The Labute approximate surface area is 114 Å². The van der Waals surface area contributed by atoms with Gasteiger partial charge in [-0.15, -0.1) is 0 Å². The molecule has 0 amide bonds. The number of nitrogens with zero attached hydrogens (tertiary/aromatic N) is 2. The second-order valence-corrected chi connectivity index (χ2v) is 4.69. The van der Waals surface area contributed by atoms with E-state index in [2.05, 4.69) is 17.3 Å². The van der Waals surface area contributed by atoms with Crippen molar-refractivity contribution in [2.75, 3.05) is 6.54 Å². The molecule has 1 aromatic carbocycles. The number of ether oxygens (including phenoxy) is 1. The molecular formula is C15H21N3O. The highest BCUT2D eigenvalue weighted by atomic mass is 16.5. The van der Waals surface area contributed by atoms with Gasteiger partial charge in [0.05, 0.1) is 17.5 Å². The van der Waals surface area contributed by atoms with Crippen LogP contribution in [0.25, 0.3) is 5.69 Å². The zero-order valence-electron chi connectivity index (χ0n) is 11.8. The molecule has 102 valence electrons. The van der Waals surface area contributed by atoms with E-state index in [0.29, 0.717) is 0 Å². The molecule has 4 heteroatoms. The van der Waals surface area contributed by atoms with Crippen LogP contribution in [0.1, 0.15) is 26.5 Å². The maximum atomic E-state index is 5.62. The first-order valence-corrected chi connectivity index (χ1v) is 6.71. The summed E-state index contributed by atoms with van der Waals surface area (Å²) >= 11 is 0. The second-order valence-electron chi connectivity index (χ2n) is 4.69. The van der Waals surface area contributed by atoms with E-state index < -0.39 is 0 Å². The minimum atomic E-state index is 0.197. The van der Waals surface area contributed by atoms with E-state index in [9.17, 15) is 0 Å². The molecule has 0 radical (unpaired) electrons. The Balaban J connectivity index is 2.07. The molecule has 1 heterocycles. The van der Waals surface area contributed by atoms with Gasteiger partial charge in [0.1, 0.15) is 5.75 Å². The number of aromatic nitrogens is 2. The van der Waals surface area contributed by atoms with Crippen LogP contribution in [0.4, 0.5) is 0 Å². The van der Waals surface area contributed by atoms with Crippen LogP contribution in [0.5, 0.6) is 5.75 Å². The van der Waals surface area contributed by atoms with E-state index >= 15 is 0 Å². The fourth-order valence-corrected chi connectivity index (χ4v) is 1.80. The summed E-state index contributed by atoms with van der Waals surface area (Å²) in [5.74, 6) is 0.888. The van der Waals surface area contributed by atoms with Crippen molar-refractivity contribution < 1.29 is 4.74 Å². The minimum absolute atomic E-state index is 0.197. The van der Waals surface area contributed by atoms with Gasteiger partial charge < -0.3 is 10.1 Å². The molecule has 0 bridgehead atoms. The van der Waals surface area contributed by atoms with E-state index in [1.807, 2.05) is 55.1 Å². The lowest BCUT2D eigenvalue weighted by Gasteiger charge is -2.10. The monoisotopic (exact) mass is 259 g/mol. The highest BCUT2D eigenvalue weighted by Crippen LogP contribution is 2.16. The van der Waals surface area contributed by atoms with Crippen molar-refractivity contribution in [3.8, 4) is 11.4 Å². The van der Waals surface area contributed by atoms with E-state index in [-0.39, 0.29) is 6.10 Å². The van der Waals surface area contributed by atoms with Crippen LogP contribution in [0, 0.1) is 0 Å². The molecule has 4 nitrogen and oxygen atoms in total. The van der Waals surface area contributed by atoms with Crippen LogP contribution < -0.4 is 10.1 Å². The van der Waals surface area contributed by atoms with Crippen molar-refractivity contribution in [2.45, 2.75) is 33.4 Å². The lowest BCUT2D eigenvalue weighted by molar-refractivity contribution is 0.242. The first kappa shape index (κ1) is 13.6. The van der Waals surface area contributed by atoms with Gasteiger partial charge in [0.2, 0.25) is 0 Å². The van der Waals surface area contributed by atoms with Gasteiger partial charge in [0.15, 0.2) is 0 Å². The normalized spacial score (nSPS) is 10.9. The predicted molar refractivity (Wildman–Crippen MR) is 76.7 cm³/mol. The Kier molecular flexibility index (Phi) is 4.58. The Morgan fingerprint density at radius 3 is 2.58 bits per heavy atom. The summed E-state index contributed by atoms with van der Waals surface area (Å²) in [6.45, 7) is 7.89. The number of rotatable bonds is 6. The van der Waals surface area contributed by atoms with Crippen LogP contribution in [0.3, 0.4) is 0 Å². The average molecular weight is 259 g/mol. The molecule has 0 saturated carbocycles. The first-order chi connectivity index (χ1) is 9.19. The Morgan fingerprint density at radius 1 is 1.21 bits per heavy atom. The fourth-order valence-electron chi connectivity index (χ4n) is 1.80. The second kappa shape index (κ2) is 6.38.